The highest BCUT2D eigenvalue weighted by molar-refractivity contribution is 6.33. The van der Waals surface area contributed by atoms with Crippen molar-refractivity contribution in [2.75, 3.05) is 13.1 Å². The minimum atomic E-state index is -0.634. The molecule has 0 spiro atoms. The molecule has 1 N–H and O–H groups in total. The van der Waals surface area contributed by atoms with Crippen LogP contribution in [-0.2, 0) is 6.42 Å². The van der Waals surface area contributed by atoms with Gasteiger partial charge in [0.05, 0.1) is 5.60 Å². The standard InChI is InChI=1S/C14H17Cl2NO/c15-11-3-4-12(16)10(8-11)9-14(18)5-7-17-6-1-2-13(14)17/h3-4,8,13,18H,1-2,5-7,9H2. The molecule has 0 aliphatic carbocycles. The molecule has 18 heavy (non-hydrogen) atoms. The summed E-state index contributed by atoms with van der Waals surface area (Å²) in [5.41, 5.74) is 0.325. The average molecular weight is 286 g/mol. The van der Waals surface area contributed by atoms with Gasteiger partial charge in [-0.2, -0.15) is 0 Å². The number of rotatable bonds is 2. The SMILES string of the molecule is OC1(Cc2cc(Cl)ccc2Cl)CCN2CCCC21. The summed E-state index contributed by atoms with van der Waals surface area (Å²) in [5, 5.41) is 12.3. The highest BCUT2D eigenvalue weighted by Gasteiger charge is 2.47. The number of hydrogen-bond acceptors (Lipinski definition) is 2. The molecule has 0 radical (unpaired) electrons. The lowest BCUT2D eigenvalue weighted by molar-refractivity contribution is 0.0141. The fraction of sp³-hybridized carbons (Fsp3) is 0.571. The van der Waals surface area contributed by atoms with Gasteiger partial charge >= 0.3 is 0 Å². The van der Waals surface area contributed by atoms with Crippen molar-refractivity contribution in [2.24, 2.45) is 0 Å². The van der Waals surface area contributed by atoms with Crippen LogP contribution in [0.1, 0.15) is 24.8 Å². The second-order valence-electron chi connectivity index (χ2n) is 5.46. The molecule has 2 unspecified atom stereocenters. The van der Waals surface area contributed by atoms with Gasteiger partial charge in [0.25, 0.3) is 0 Å². The molecule has 0 saturated carbocycles. The first kappa shape index (κ1) is 12.7. The first-order valence-electron chi connectivity index (χ1n) is 6.49. The molecule has 2 saturated heterocycles. The normalized spacial score (nSPS) is 31.8. The van der Waals surface area contributed by atoms with Crippen LogP contribution >= 0.6 is 23.2 Å². The third-order valence-corrected chi connectivity index (χ3v) is 4.92. The van der Waals surface area contributed by atoms with Crippen molar-refractivity contribution < 1.29 is 5.11 Å². The maximum atomic E-state index is 10.9. The fourth-order valence-electron chi connectivity index (χ4n) is 3.42. The predicted molar refractivity (Wildman–Crippen MR) is 74.3 cm³/mol. The quantitative estimate of drug-likeness (QED) is 0.903. The molecule has 0 aromatic heterocycles. The third kappa shape index (κ3) is 2.16. The molecule has 2 aliphatic rings. The van der Waals surface area contributed by atoms with Gasteiger partial charge < -0.3 is 5.11 Å². The molecule has 2 atom stereocenters. The number of hydrogen-bond donors (Lipinski definition) is 1. The van der Waals surface area contributed by atoms with Crippen LogP contribution in [0.15, 0.2) is 18.2 Å². The fourth-order valence-corrected chi connectivity index (χ4v) is 3.80. The smallest absolute Gasteiger partial charge is 0.0855 e. The van der Waals surface area contributed by atoms with Crippen LogP contribution in [-0.4, -0.2) is 34.7 Å². The van der Waals surface area contributed by atoms with Gasteiger partial charge in [-0.3, -0.25) is 4.90 Å². The second kappa shape index (κ2) is 4.68. The number of benzene rings is 1. The lowest BCUT2D eigenvalue weighted by Crippen LogP contribution is -2.43. The van der Waals surface area contributed by atoms with Crippen LogP contribution in [0, 0.1) is 0 Å². The minimum Gasteiger partial charge on any atom is -0.388 e. The molecule has 3 rings (SSSR count). The summed E-state index contributed by atoms with van der Waals surface area (Å²) in [7, 11) is 0. The highest BCUT2D eigenvalue weighted by atomic mass is 35.5. The molecular weight excluding hydrogens is 269 g/mol. The van der Waals surface area contributed by atoms with E-state index in [0.29, 0.717) is 22.5 Å². The highest BCUT2D eigenvalue weighted by Crippen LogP contribution is 2.39. The summed E-state index contributed by atoms with van der Waals surface area (Å²) in [5.74, 6) is 0. The zero-order chi connectivity index (χ0) is 12.8. The Hall–Kier alpha value is -0.280. The van der Waals surface area contributed by atoms with E-state index in [1.807, 2.05) is 12.1 Å². The first-order valence-corrected chi connectivity index (χ1v) is 7.24. The molecule has 0 bridgehead atoms. The van der Waals surface area contributed by atoms with E-state index in [1.165, 1.54) is 6.42 Å². The maximum Gasteiger partial charge on any atom is 0.0855 e. The Morgan fingerprint density at radius 1 is 1.33 bits per heavy atom. The lowest BCUT2D eigenvalue weighted by Gasteiger charge is -2.30. The van der Waals surface area contributed by atoms with E-state index in [-0.39, 0.29) is 0 Å². The van der Waals surface area contributed by atoms with Gasteiger partial charge in [-0.15, -0.1) is 0 Å². The van der Waals surface area contributed by atoms with E-state index in [4.69, 9.17) is 23.2 Å². The van der Waals surface area contributed by atoms with Gasteiger partial charge in [-0.1, -0.05) is 23.2 Å². The monoisotopic (exact) mass is 285 g/mol. The maximum absolute atomic E-state index is 10.9. The van der Waals surface area contributed by atoms with Crippen molar-refractivity contribution in [1.29, 1.82) is 0 Å². The summed E-state index contributed by atoms with van der Waals surface area (Å²) in [6, 6.07) is 5.77. The number of fused-ring (bicyclic) bond motifs is 1. The Kier molecular flexibility index (Phi) is 3.31. The Morgan fingerprint density at radius 2 is 2.17 bits per heavy atom. The predicted octanol–water partition coefficient (Wildman–Crippen LogP) is 3.14. The van der Waals surface area contributed by atoms with E-state index in [1.54, 1.807) is 6.07 Å². The summed E-state index contributed by atoms with van der Waals surface area (Å²) in [4.78, 5) is 2.40. The van der Waals surface area contributed by atoms with E-state index in [2.05, 4.69) is 4.90 Å². The summed E-state index contributed by atoms with van der Waals surface area (Å²) in [6.07, 6.45) is 3.72. The van der Waals surface area contributed by atoms with Crippen molar-refractivity contribution >= 4 is 23.2 Å². The minimum absolute atomic E-state index is 0.299. The van der Waals surface area contributed by atoms with Crippen molar-refractivity contribution in [2.45, 2.75) is 37.3 Å². The molecule has 2 heterocycles. The molecule has 1 aromatic carbocycles. The zero-order valence-corrected chi connectivity index (χ0v) is 11.7. The van der Waals surface area contributed by atoms with Crippen molar-refractivity contribution in [3.63, 3.8) is 0 Å². The van der Waals surface area contributed by atoms with Gasteiger partial charge in [0, 0.05) is 29.1 Å². The Bertz CT molecular complexity index is 465. The van der Waals surface area contributed by atoms with E-state index >= 15 is 0 Å². The van der Waals surface area contributed by atoms with Gasteiger partial charge in [-0.05, 0) is 49.6 Å². The van der Waals surface area contributed by atoms with Crippen LogP contribution in [0.5, 0.6) is 0 Å². The number of aliphatic hydroxyl groups is 1. The van der Waals surface area contributed by atoms with Crippen LogP contribution in [0.2, 0.25) is 10.0 Å². The van der Waals surface area contributed by atoms with Gasteiger partial charge in [0.1, 0.15) is 0 Å². The van der Waals surface area contributed by atoms with Crippen LogP contribution in [0.3, 0.4) is 0 Å². The Labute approximate surface area is 117 Å². The van der Waals surface area contributed by atoms with E-state index in [9.17, 15) is 5.11 Å². The summed E-state index contributed by atoms with van der Waals surface area (Å²) < 4.78 is 0. The van der Waals surface area contributed by atoms with E-state index < -0.39 is 5.60 Å². The zero-order valence-electron chi connectivity index (χ0n) is 10.2. The van der Waals surface area contributed by atoms with Crippen molar-refractivity contribution in [3.05, 3.63) is 33.8 Å². The third-order valence-electron chi connectivity index (χ3n) is 4.32. The molecule has 2 fully saturated rings. The van der Waals surface area contributed by atoms with Gasteiger partial charge in [-0.25, -0.2) is 0 Å². The van der Waals surface area contributed by atoms with Crippen LogP contribution < -0.4 is 0 Å². The molecule has 1 aromatic rings. The van der Waals surface area contributed by atoms with Gasteiger partial charge in [0.15, 0.2) is 0 Å². The molecule has 4 heteroatoms. The first-order chi connectivity index (χ1) is 8.58. The molecule has 2 aliphatic heterocycles. The second-order valence-corrected chi connectivity index (χ2v) is 6.30. The molecule has 98 valence electrons. The Morgan fingerprint density at radius 3 is 3.00 bits per heavy atom. The Balaban J connectivity index is 1.85. The van der Waals surface area contributed by atoms with Gasteiger partial charge in [0.2, 0.25) is 0 Å². The molecular formula is C14H17Cl2NO. The number of nitrogens with zero attached hydrogens (tertiary/aromatic N) is 1. The van der Waals surface area contributed by atoms with Crippen molar-refractivity contribution in [1.82, 2.24) is 4.90 Å². The lowest BCUT2D eigenvalue weighted by atomic mass is 9.86. The van der Waals surface area contributed by atoms with Crippen LogP contribution in [0.25, 0.3) is 0 Å². The van der Waals surface area contributed by atoms with Crippen molar-refractivity contribution in [3.8, 4) is 0 Å². The summed E-state index contributed by atoms with van der Waals surface area (Å²) in [6.45, 7) is 2.12. The average Bonchev–Trinajstić information content (AvgIpc) is 2.89. The summed E-state index contributed by atoms with van der Waals surface area (Å²) >= 11 is 12.2. The molecule has 2 nitrogen and oxygen atoms in total. The van der Waals surface area contributed by atoms with E-state index in [0.717, 1.165) is 31.5 Å². The topological polar surface area (TPSA) is 23.5 Å². The van der Waals surface area contributed by atoms with Crippen LogP contribution in [0.4, 0.5) is 0 Å². The number of halogens is 2. The molecule has 0 amide bonds. The largest absolute Gasteiger partial charge is 0.388 e.